The minimum absolute atomic E-state index is 0.0911. The monoisotopic (exact) mass is 464 g/mol. The lowest BCUT2D eigenvalue weighted by molar-refractivity contribution is -0.177. The second-order valence-electron chi connectivity index (χ2n) is 6.90. The number of carbonyl (C=O) groups excluding carboxylic acids is 5. The van der Waals surface area contributed by atoms with Crippen LogP contribution in [0.3, 0.4) is 0 Å². The minimum Gasteiger partial charge on any atom is -0.469 e. The number of carbonyl (C=O) groups is 5. The molecule has 2 unspecified atom stereocenters. The van der Waals surface area contributed by atoms with Crippen molar-refractivity contribution in [2.75, 3.05) is 53.9 Å². The van der Waals surface area contributed by atoms with Gasteiger partial charge in [-0.25, -0.2) is 4.79 Å². The maximum atomic E-state index is 12.6. The molecule has 0 heterocycles. The summed E-state index contributed by atoms with van der Waals surface area (Å²) < 4.78 is 34.5. The van der Waals surface area contributed by atoms with Gasteiger partial charge in [0.1, 0.15) is 25.2 Å². The molecule has 32 heavy (non-hydrogen) atoms. The first-order valence-corrected chi connectivity index (χ1v) is 9.86. The molecule has 0 spiro atoms. The number of rotatable bonds is 16. The van der Waals surface area contributed by atoms with Gasteiger partial charge in [-0.3, -0.25) is 19.2 Å². The van der Waals surface area contributed by atoms with E-state index < -0.39 is 54.6 Å². The molecular formula is C20H32O12. The predicted molar refractivity (Wildman–Crippen MR) is 106 cm³/mol. The van der Waals surface area contributed by atoms with Gasteiger partial charge >= 0.3 is 29.8 Å². The van der Waals surface area contributed by atoms with Crippen LogP contribution in [0.15, 0.2) is 0 Å². The van der Waals surface area contributed by atoms with E-state index >= 15 is 0 Å². The summed E-state index contributed by atoms with van der Waals surface area (Å²) >= 11 is 0. The van der Waals surface area contributed by atoms with Crippen LogP contribution in [-0.2, 0) is 57.1 Å². The average Bonchev–Trinajstić information content (AvgIpc) is 2.75. The highest BCUT2D eigenvalue weighted by molar-refractivity contribution is 5.81. The lowest BCUT2D eigenvalue weighted by Gasteiger charge is -2.27. The van der Waals surface area contributed by atoms with Gasteiger partial charge in [-0.2, -0.15) is 0 Å². The summed E-state index contributed by atoms with van der Waals surface area (Å²) in [4.78, 5) is 58.6. The van der Waals surface area contributed by atoms with Crippen LogP contribution in [0.2, 0.25) is 0 Å². The van der Waals surface area contributed by atoms with Gasteiger partial charge in [-0.15, -0.1) is 0 Å². The second-order valence-corrected chi connectivity index (χ2v) is 6.90. The normalized spacial score (nSPS) is 13.3. The Morgan fingerprint density at radius 1 is 0.812 bits per heavy atom. The Labute approximate surface area is 186 Å². The third-order valence-corrected chi connectivity index (χ3v) is 3.91. The van der Waals surface area contributed by atoms with Crippen molar-refractivity contribution in [3.8, 4) is 0 Å². The van der Waals surface area contributed by atoms with Gasteiger partial charge in [0, 0.05) is 14.0 Å². The van der Waals surface area contributed by atoms with Crippen molar-refractivity contribution in [1.29, 1.82) is 0 Å². The first-order chi connectivity index (χ1) is 15.1. The first kappa shape index (κ1) is 29.3. The summed E-state index contributed by atoms with van der Waals surface area (Å²) in [5.41, 5.74) is -1.56. The summed E-state index contributed by atoms with van der Waals surface area (Å²) in [5.74, 6) is -3.71. The van der Waals surface area contributed by atoms with Crippen molar-refractivity contribution in [3.63, 3.8) is 0 Å². The first-order valence-electron chi connectivity index (χ1n) is 9.86. The number of ether oxygens (including phenoxy) is 7. The maximum absolute atomic E-state index is 12.6. The molecule has 0 rings (SSSR count). The van der Waals surface area contributed by atoms with E-state index in [9.17, 15) is 24.0 Å². The van der Waals surface area contributed by atoms with E-state index in [0.717, 1.165) is 6.92 Å². The van der Waals surface area contributed by atoms with Crippen LogP contribution < -0.4 is 0 Å². The Kier molecular flexibility index (Phi) is 14.6. The highest BCUT2D eigenvalue weighted by Crippen LogP contribution is 2.21. The van der Waals surface area contributed by atoms with E-state index in [-0.39, 0.29) is 26.1 Å². The van der Waals surface area contributed by atoms with Crippen molar-refractivity contribution in [1.82, 2.24) is 0 Å². The smallest absolute Gasteiger partial charge is 0.347 e. The van der Waals surface area contributed by atoms with Crippen molar-refractivity contribution < 1.29 is 57.1 Å². The second kappa shape index (κ2) is 16.0. The van der Waals surface area contributed by atoms with E-state index in [1.807, 2.05) is 0 Å². The standard InChI is InChI=1S/C20H32O12/c1-14(32-15(2)21)18(24)31-13-20(3,12-30-17(23)7-6-16(22)27-5)19(25)29-11-10-28-9-8-26-4/h14H,6-13H2,1-5H3. The molecule has 0 aliphatic heterocycles. The van der Waals surface area contributed by atoms with Crippen molar-refractivity contribution >= 4 is 29.8 Å². The van der Waals surface area contributed by atoms with E-state index in [4.69, 9.17) is 28.4 Å². The SMILES string of the molecule is COCCOCCOC(=O)C(C)(COC(=O)CCC(=O)OC)COC(=O)C(C)OC(C)=O. The molecule has 12 nitrogen and oxygen atoms in total. The number of hydrogen-bond donors (Lipinski definition) is 0. The molecule has 2 atom stereocenters. The predicted octanol–water partition coefficient (Wildman–Crippen LogP) is 0.190. The third kappa shape index (κ3) is 12.8. The van der Waals surface area contributed by atoms with Crippen LogP contribution in [0.4, 0.5) is 0 Å². The minimum atomic E-state index is -1.56. The molecule has 0 amide bonds. The van der Waals surface area contributed by atoms with Gasteiger partial charge in [0.2, 0.25) is 0 Å². The molecular weight excluding hydrogens is 432 g/mol. The van der Waals surface area contributed by atoms with Gasteiger partial charge < -0.3 is 33.2 Å². The van der Waals surface area contributed by atoms with Crippen LogP contribution in [0, 0.1) is 5.41 Å². The highest BCUT2D eigenvalue weighted by Gasteiger charge is 2.39. The molecule has 12 heteroatoms. The molecule has 0 aliphatic rings. The topological polar surface area (TPSA) is 150 Å². The average molecular weight is 464 g/mol. The summed E-state index contributed by atoms with van der Waals surface area (Å²) in [6.07, 6.45) is -1.64. The van der Waals surface area contributed by atoms with Crippen molar-refractivity contribution in [3.05, 3.63) is 0 Å². The Bertz CT molecular complexity index is 632. The molecule has 0 fully saturated rings. The largest absolute Gasteiger partial charge is 0.469 e. The Balaban J connectivity index is 4.92. The Morgan fingerprint density at radius 2 is 1.41 bits per heavy atom. The van der Waals surface area contributed by atoms with E-state index in [2.05, 4.69) is 4.74 Å². The third-order valence-electron chi connectivity index (χ3n) is 3.91. The zero-order valence-corrected chi connectivity index (χ0v) is 19.1. The van der Waals surface area contributed by atoms with Gasteiger partial charge in [0.25, 0.3) is 0 Å². The van der Waals surface area contributed by atoms with Crippen LogP contribution in [0.5, 0.6) is 0 Å². The molecule has 0 aliphatic carbocycles. The molecule has 0 bridgehead atoms. The van der Waals surface area contributed by atoms with Gasteiger partial charge in [-0.05, 0) is 13.8 Å². The number of methoxy groups -OCH3 is 2. The Morgan fingerprint density at radius 3 is 2.00 bits per heavy atom. The molecule has 0 aromatic heterocycles. The zero-order chi connectivity index (χ0) is 24.6. The van der Waals surface area contributed by atoms with Gasteiger partial charge in [0.05, 0.1) is 39.8 Å². The van der Waals surface area contributed by atoms with Crippen molar-refractivity contribution in [2.24, 2.45) is 5.41 Å². The number of esters is 5. The van der Waals surface area contributed by atoms with Gasteiger partial charge in [0.15, 0.2) is 6.10 Å². The lowest BCUT2D eigenvalue weighted by atomic mass is 9.93. The van der Waals surface area contributed by atoms with Crippen LogP contribution in [-0.4, -0.2) is 89.8 Å². The molecule has 0 radical (unpaired) electrons. The van der Waals surface area contributed by atoms with Crippen LogP contribution in [0.1, 0.15) is 33.6 Å². The summed E-state index contributed by atoms with van der Waals surface area (Å²) in [5, 5.41) is 0. The lowest BCUT2D eigenvalue weighted by Crippen LogP contribution is -2.42. The highest BCUT2D eigenvalue weighted by atomic mass is 16.6. The van der Waals surface area contributed by atoms with E-state index in [0.29, 0.717) is 13.2 Å². The molecule has 0 aromatic carbocycles. The quantitative estimate of drug-likeness (QED) is 0.174. The summed E-state index contributed by atoms with van der Waals surface area (Å²) in [7, 11) is 2.70. The fraction of sp³-hybridized carbons (Fsp3) is 0.750. The van der Waals surface area contributed by atoms with E-state index in [1.165, 1.54) is 28.1 Å². The van der Waals surface area contributed by atoms with Crippen LogP contribution >= 0.6 is 0 Å². The molecule has 0 saturated heterocycles. The fourth-order valence-electron chi connectivity index (χ4n) is 2.03. The Hall–Kier alpha value is -2.73. The van der Waals surface area contributed by atoms with Gasteiger partial charge in [-0.1, -0.05) is 0 Å². The van der Waals surface area contributed by atoms with Crippen molar-refractivity contribution in [2.45, 2.75) is 39.7 Å². The molecule has 184 valence electrons. The fourth-order valence-corrected chi connectivity index (χ4v) is 2.03. The molecule has 0 aromatic rings. The zero-order valence-electron chi connectivity index (χ0n) is 19.1. The molecule has 0 N–H and O–H groups in total. The number of hydrogen-bond acceptors (Lipinski definition) is 12. The maximum Gasteiger partial charge on any atom is 0.347 e. The summed E-state index contributed by atoms with van der Waals surface area (Å²) in [6, 6.07) is 0. The van der Waals surface area contributed by atoms with E-state index in [1.54, 1.807) is 0 Å². The molecule has 0 saturated carbocycles. The summed E-state index contributed by atoms with van der Waals surface area (Å²) in [6.45, 7) is 3.53. The van der Waals surface area contributed by atoms with Crippen LogP contribution in [0.25, 0.3) is 0 Å².